The quantitative estimate of drug-likeness (QED) is 0.654. The number of benzene rings is 1. The Bertz CT molecular complexity index is 306. The number of hydrogen-bond acceptors (Lipinski definition) is 3. The third-order valence-electron chi connectivity index (χ3n) is 1.82. The summed E-state index contributed by atoms with van der Waals surface area (Å²) in [5, 5.41) is 11.4. The van der Waals surface area contributed by atoms with E-state index in [-0.39, 0.29) is 12.5 Å². The molecule has 0 aliphatic rings. The van der Waals surface area contributed by atoms with Crippen LogP contribution in [0.4, 0.5) is 5.69 Å². The van der Waals surface area contributed by atoms with Crippen LogP contribution in [0.2, 0.25) is 0 Å². The Hall–Kier alpha value is -1.39. The van der Waals surface area contributed by atoms with Crippen molar-refractivity contribution in [3.63, 3.8) is 0 Å². The molecular formula is C10H14N2O2. The summed E-state index contributed by atoms with van der Waals surface area (Å²) in [4.78, 5) is 11.2. The Labute approximate surface area is 82.7 Å². The van der Waals surface area contributed by atoms with Gasteiger partial charge in [0.1, 0.15) is 0 Å². The minimum atomic E-state index is -0.521. The van der Waals surface area contributed by atoms with Crippen LogP contribution >= 0.6 is 0 Å². The van der Waals surface area contributed by atoms with Gasteiger partial charge in [-0.2, -0.15) is 0 Å². The fourth-order valence-electron chi connectivity index (χ4n) is 0.950. The summed E-state index contributed by atoms with van der Waals surface area (Å²) in [6, 6.07) is 6.43. The Morgan fingerprint density at radius 2 is 2.07 bits per heavy atom. The Morgan fingerprint density at radius 1 is 1.50 bits per heavy atom. The van der Waals surface area contributed by atoms with Gasteiger partial charge in [-0.3, -0.25) is 4.79 Å². The van der Waals surface area contributed by atoms with Crippen LogP contribution in [0, 0.1) is 0 Å². The molecule has 0 bridgehead atoms. The molecule has 4 heteroatoms. The number of hydrogen-bond donors (Lipinski definition) is 3. The van der Waals surface area contributed by atoms with E-state index in [2.05, 4.69) is 5.32 Å². The van der Waals surface area contributed by atoms with Crippen LogP contribution in [-0.4, -0.2) is 17.1 Å². The molecule has 76 valence electrons. The number of nitrogens with one attached hydrogen (secondary N) is 1. The summed E-state index contributed by atoms with van der Waals surface area (Å²) in [6.07, 6.45) is 0. The minimum Gasteiger partial charge on any atom is -0.392 e. The highest BCUT2D eigenvalue weighted by molar-refractivity contribution is 5.94. The second-order valence-corrected chi connectivity index (χ2v) is 3.13. The minimum absolute atomic E-state index is 0.00151. The maximum absolute atomic E-state index is 11.2. The van der Waals surface area contributed by atoms with Crippen LogP contribution in [0.25, 0.3) is 0 Å². The molecule has 1 aromatic rings. The first-order chi connectivity index (χ1) is 6.63. The maximum atomic E-state index is 11.2. The Balaban J connectivity index is 2.64. The normalized spacial score (nSPS) is 12.2. The highest BCUT2D eigenvalue weighted by Crippen LogP contribution is 2.09. The van der Waals surface area contributed by atoms with Crippen LogP contribution in [0.3, 0.4) is 0 Å². The van der Waals surface area contributed by atoms with E-state index in [0.29, 0.717) is 5.69 Å². The van der Waals surface area contributed by atoms with Crippen molar-refractivity contribution < 1.29 is 9.90 Å². The molecular weight excluding hydrogens is 180 g/mol. The molecule has 1 amide bonds. The topological polar surface area (TPSA) is 75.4 Å². The van der Waals surface area contributed by atoms with E-state index >= 15 is 0 Å². The van der Waals surface area contributed by atoms with Crippen LogP contribution in [0.15, 0.2) is 24.3 Å². The van der Waals surface area contributed by atoms with E-state index in [1.807, 2.05) is 0 Å². The first-order valence-corrected chi connectivity index (χ1v) is 4.39. The van der Waals surface area contributed by atoms with Crippen molar-refractivity contribution in [1.29, 1.82) is 0 Å². The standard InChI is InChI=1S/C10H14N2O2/c1-7(11)10(14)12-9-4-2-8(6-13)3-5-9/h2-5,7,13H,6,11H2,1H3,(H,12,14)/t7-/m1/s1. The molecule has 0 heterocycles. The number of aliphatic hydroxyl groups excluding tert-OH is 1. The molecule has 0 aliphatic heterocycles. The maximum Gasteiger partial charge on any atom is 0.240 e. The molecule has 0 aromatic heterocycles. The molecule has 0 aliphatic carbocycles. The third kappa shape index (κ3) is 2.83. The number of nitrogens with two attached hydrogens (primary N) is 1. The average molecular weight is 194 g/mol. The van der Waals surface area contributed by atoms with Crippen molar-refractivity contribution >= 4 is 11.6 Å². The van der Waals surface area contributed by atoms with Crippen LogP contribution in [0.1, 0.15) is 12.5 Å². The Morgan fingerprint density at radius 3 is 2.50 bits per heavy atom. The number of anilines is 1. The fourth-order valence-corrected chi connectivity index (χ4v) is 0.950. The number of carbonyl (C=O) groups excluding carboxylic acids is 1. The first kappa shape index (κ1) is 10.7. The van der Waals surface area contributed by atoms with Crippen LogP contribution in [0.5, 0.6) is 0 Å². The molecule has 0 spiro atoms. The van der Waals surface area contributed by atoms with Gasteiger partial charge in [0, 0.05) is 5.69 Å². The van der Waals surface area contributed by atoms with Crippen LogP contribution in [-0.2, 0) is 11.4 Å². The fraction of sp³-hybridized carbons (Fsp3) is 0.300. The van der Waals surface area contributed by atoms with Crippen molar-refractivity contribution in [3.8, 4) is 0 Å². The van der Waals surface area contributed by atoms with Gasteiger partial charge >= 0.3 is 0 Å². The van der Waals surface area contributed by atoms with Gasteiger partial charge in [0.15, 0.2) is 0 Å². The van der Waals surface area contributed by atoms with Crippen molar-refractivity contribution in [3.05, 3.63) is 29.8 Å². The molecule has 0 saturated heterocycles. The van der Waals surface area contributed by atoms with E-state index in [9.17, 15) is 4.79 Å². The van der Waals surface area contributed by atoms with E-state index in [4.69, 9.17) is 10.8 Å². The average Bonchev–Trinajstić information content (AvgIpc) is 2.19. The first-order valence-electron chi connectivity index (χ1n) is 4.39. The van der Waals surface area contributed by atoms with Crippen molar-refractivity contribution in [2.75, 3.05) is 5.32 Å². The molecule has 0 unspecified atom stereocenters. The smallest absolute Gasteiger partial charge is 0.240 e. The molecule has 0 saturated carbocycles. The predicted octanol–water partition coefficient (Wildman–Crippen LogP) is 0.465. The zero-order chi connectivity index (χ0) is 10.6. The number of carbonyl (C=O) groups is 1. The molecule has 4 N–H and O–H groups in total. The molecule has 0 radical (unpaired) electrons. The lowest BCUT2D eigenvalue weighted by molar-refractivity contribution is -0.117. The van der Waals surface area contributed by atoms with Gasteiger partial charge in [0.2, 0.25) is 5.91 Å². The van der Waals surface area contributed by atoms with Crippen LogP contribution < -0.4 is 11.1 Å². The molecule has 1 aromatic carbocycles. The van der Waals surface area contributed by atoms with Gasteiger partial charge < -0.3 is 16.2 Å². The zero-order valence-electron chi connectivity index (χ0n) is 8.03. The van der Waals surface area contributed by atoms with E-state index in [0.717, 1.165) is 5.56 Å². The van der Waals surface area contributed by atoms with Gasteiger partial charge in [-0.05, 0) is 24.6 Å². The third-order valence-corrected chi connectivity index (χ3v) is 1.82. The molecule has 1 rings (SSSR count). The summed E-state index contributed by atoms with van der Waals surface area (Å²) < 4.78 is 0. The highest BCUT2D eigenvalue weighted by atomic mass is 16.3. The second-order valence-electron chi connectivity index (χ2n) is 3.13. The lowest BCUT2D eigenvalue weighted by atomic mass is 10.2. The molecule has 0 fully saturated rings. The van der Waals surface area contributed by atoms with E-state index in [1.165, 1.54) is 0 Å². The van der Waals surface area contributed by atoms with Crippen molar-refractivity contribution in [1.82, 2.24) is 0 Å². The summed E-state index contributed by atoms with van der Waals surface area (Å²) in [7, 11) is 0. The van der Waals surface area contributed by atoms with Gasteiger partial charge in [-0.25, -0.2) is 0 Å². The number of amides is 1. The molecule has 14 heavy (non-hydrogen) atoms. The Kier molecular flexibility index (Phi) is 3.62. The van der Waals surface area contributed by atoms with E-state index < -0.39 is 6.04 Å². The van der Waals surface area contributed by atoms with Crippen molar-refractivity contribution in [2.24, 2.45) is 5.73 Å². The molecule has 4 nitrogen and oxygen atoms in total. The highest BCUT2D eigenvalue weighted by Gasteiger charge is 2.06. The summed E-state index contributed by atoms with van der Waals surface area (Å²) in [5.74, 6) is -0.221. The zero-order valence-corrected chi connectivity index (χ0v) is 8.03. The largest absolute Gasteiger partial charge is 0.392 e. The molecule has 1 atom stereocenters. The van der Waals surface area contributed by atoms with E-state index in [1.54, 1.807) is 31.2 Å². The van der Waals surface area contributed by atoms with Gasteiger partial charge in [0.25, 0.3) is 0 Å². The number of aliphatic hydroxyl groups is 1. The summed E-state index contributed by atoms with van der Waals surface area (Å²) >= 11 is 0. The number of rotatable bonds is 3. The lowest BCUT2D eigenvalue weighted by Crippen LogP contribution is -2.32. The monoisotopic (exact) mass is 194 g/mol. The second kappa shape index (κ2) is 4.74. The SMILES string of the molecule is C[C@@H](N)C(=O)Nc1ccc(CO)cc1. The van der Waals surface area contributed by atoms with Crippen molar-refractivity contribution in [2.45, 2.75) is 19.6 Å². The lowest BCUT2D eigenvalue weighted by Gasteiger charge is -2.07. The van der Waals surface area contributed by atoms with Gasteiger partial charge in [0.05, 0.1) is 12.6 Å². The van der Waals surface area contributed by atoms with Gasteiger partial charge in [-0.15, -0.1) is 0 Å². The summed E-state index contributed by atoms with van der Waals surface area (Å²) in [6.45, 7) is 1.62. The summed E-state index contributed by atoms with van der Waals surface area (Å²) in [5.41, 5.74) is 6.88. The van der Waals surface area contributed by atoms with Gasteiger partial charge in [-0.1, -0.05) is 12.1 Å². The predicted molar refractivity (Wildman–Crippen MR) is 54.6 cm³/mol.